The van der Waals surface area contributed by atoms with Crippen molar-refractivity contribution in [2.75, 3.05) is 6.54 Å². The van der Waals surface area contributed by atoms with Crippen molar-refractivity contribution in [1.82, 2.24) is 19.9 Å². The number of hydrogen-bond donors (Lipinski definition) is 2. The van der Waals surface area contributed by atoms with E-state index in [1.165, 1.54) is 5.56 Å². The lowest BCUT2D eigenvalue weighted by atomic mass is 10.0. The first-order valence-electron chi connectivity index (χ1n) is 12.0. The van der Waals surface area contributed by atoms with Crippen LogP contribution >= 0.6 is 11.6 Å². The highest BCUT2D eigenvalue weighted by Crippen LogP contribution is 2.27. The minimum absolute atomic E-state index is 0.0584. The summed E-state index contributed by atoms with van der Waals surface area (Å²) in [6.45, 7) is 2.71. The summed E-state index contributed by atoms with van der Waals surface area (Å²) in [5.41, 5.74) is 5.81. The van der Waals surface area contributed by atoms with Gasteiger partial charge in [0.25, 0.3) is 5.56 Å². The molecule has 0 spiro atoms. The Balaban J connectivity index is 1.21. The highest BCUT2D eigenvalue weighted by Gasteiger charge is 2.22. The zero-order valence-electron chi connectivity index (χ0n) is 19.6. The van der Waals surface area contributed by atoms with Gasteiger partial charge in [-0.1, -0.05) is 41.9 Å². The summed E-state index contributed by atoms with van der Waals surface area (Å²) < 4.78 is 6.05. The molecular formula is C29H25ClN4O2. The lowest BCUT2D eigenvalue weighted by Gasteiger charge is -2.27. The normalized spacial score (nSPS) is 13.6. The molecule has 6 nitrogen and oxygen atoms in total. The summed E-state index contributed by atoms with van der Waals surface area (Å²) in [4.78, 5) is 26.2. The maximum atomic E-state index is 12.8. The van der Waals surface area contributed by atoms with Crippen molar-refractivity contribution in [2.45, 2.75) is 26.1 Å². The van der Waals surface area contributed by atoms with Crippen molar-refractivity contribution in [2.24, 2.45) is 0 Å². The van der Waals surface area contributed by atoms with Crippen molar-refractivity contribution in [1.29, 1.82) is 0 Å². The number of nitrogens with one attached hydrogen (secondary N) is 2. The second-order valence-corrected chi connectivity index (χ2v) is 9.54. The summed E-state index contributed by atoms with van der Waals surface area (Å²) in [5, 5.41) is 1.80. The van der Waals surface area contributed by atoms with E-state index in [2.05, 4.69) is 45.3 Å². The van der Waals surface area contributed by atoms with Crippen LogP contribution < -0.4 is 10.3 Å². The van der Waals surface area contributed by atoms with Gasteiger partial charge < -0.3 is 14.7 Å². The van der Waals surface area contributed by atoms with Gasteiger partial charge >= 0.3 is 0 Å². The Labute approximate surface area is 213 Å². The molecule has 2 N–H and O–H groups in total. The molecule has 180 valence electrons. The minimum atomic E-state index is -0.0584. The van der Waals surface area contributed by atoms with Gasteiger partial charge in [0, 0.05) is 52.9 Å². The number of fused-ring (bicyclic) bond motifs is 2. The molecule has 0 aliphatic carbocycles. The van der Waals surface area contributed by atoms with Gasteiger partial charge in [-0.2, -0.15) is 0 Å². The Morgan fingerprint density at radius 2 is 1.86 bits per heavy atom. The zero-order valence-corrected chi connectivity index (χ0v) is 20.4. The van der Waals surface area contributed by atoms with Crippen LogP contribution in [0, 0.1) is 0 Å². The molecule has 3 heterocycles. The smallest absolute Gasteiger partial charge is 0.254 e. The van der Waals surface area contributed by atoms with Gasteiger partial charge in [0.2, 0.25) is 0 Å². The first-order valence-corrected chi connectivity index (χ1v) is 12.4. The molecule has 6 rings (SSSR count). The van der Waals surface area contributed by atoms with Crippen LogP contribution in [0.4, 0.5) is 0 Å². The Hall–Kier alpha value is -3.87. The molecule has 7 heteroatoms. The Kier molecular flexibility index (Phi) is 6.05. The Morgan fingerprint density at radius 3 is 2.69 bits per heavy atom. The standard InChI is InChI=1S/C29H25ClN4O2/c30-22-8-6-20(7-9-22)28-32-27-17-34(13-12-24(27)29(35)33-28)16-21-15-31-26-11-10-23(14-25(21)26)36-18-19-4-2-1-3-5-19/h1-11,14-15,31H,12-13,16-18H2,(H,32,33,35). The molecule has 1 aliphatic heterocycles. The largest absolute Gasteiger partial charge is 0.489 e. The summed E-state index contributed by atoms with van der Waals surface area (Å²) in [7, 11) is 0. The molecule has 0 amide bonds. The predicted molar refractivity (Wildman–Crippen MR) is 142 cm³/mol. The lowest BCUT2D eigenvalue weighted by molar-refractivity contribution is 0.241. The Morgan fingerprint density at radius 1 is 1.03 bits per heavy atom. The maximum absolute atomic E-state index is 12.8. The fourth-order valence-electron chi connectivity index (χ4n) is 4.73. The average molecular weight is 497 g/mol. The molecule has 0 saturated heterocycles. The molecule has 36 heavy (non-hydrogen) atoms. The van der Waals surface area contributed by atoms with E-state index < -0.39 is 0 Å². The minimum Gasteiger partial charge on any atom is -0.489 e. The SMILES string of the molecule is O=c1[nH]c(-c2ccc(Cl)cc2)nc2c1CCN(Cc1c[nH]c3ccc(OCc4ccccc4)cc13)C2. The fourth-order valence-corrected chi connectivity index (χ4v) is 4.86. The average Bonchev–Trinajstić information content (AvgIpc) is 3.30. The summed E-state index contributed by atoms with van der Waals surface area (Å²) in [5.74, 6) is 1.42. The molecule has 0 atom stereocenters. The van der Waals surface area contributed by atoms with Crippen LogP contribution in [0.15, 0.2) is 83.8 Å². The van der Waals surface area contributed by atoms with Crippen LogP contribution in [0.1, 0.15) is 22.4 Å². The first-order chi connectivity index (χ1) is 17.6. The first kappa shape index (κ1) is 22.6. The van der Waals surface area contributed by atoms with Crippen LogP contribution in [0.5, 0.6) is 5.75 Å². The number of benzene rings is 3. The number of H-pyrrole nitrogens is 2. The molecule has 0 fully saturated rings. The van der Waals surface area contributed by atoms with Gasteiger partial charge in [-0.25, -0.2) is 4.98 Å². The quantitative estimate of drug-likeness (QED) is 0.316. The van der Waals surface area contributed by atoms with Crippen LogP contribution in [-0.2, 0) is 26.1 Å². The van der Waals surface area contributed by atoms with Crippen LogP contribution in [-0.4, -0.2) is 26.4 Å². The van der Waals surface area contributed by atoms with E-state index in [1.807, 2.05) is 36.4 Å². The van der Waals surface area contributed by atoms with Gasteiger partial charge in [0.15, 0.2) is 0 Å². The van der Waals surface area contributed by atoms with Crippen LogP contribution in [0.2, 0.25) is 5.02 Å². The van der Waals surface area contributed by atoms with Crippen molar-refractivity contribution < 1.29 is 4.74 Å². The molecule has 0 bridgehead atoms. The number of rotatable bonds is 6. The maximum Gasteiger partial charge on any atom is 0.254 e. The third-order valence-electron chi connectivity index (χ3n) is 6.65. The van der Waals surface area contributed by atoms with Gasteiger partial charge in [-0.3, -0.25) is 9.69 Å². The predicted octanol–water partition coefficient (Wildman–Crippen LogP) is 5.71. The van der Waals surface area contributed by atoms with E-state index in [0.29, 0.717) is 30.4 Å². The van der Waals surface area contributed by atoms with Crippen LogP contribution in [0.3, 0.4) is 0 Å². The summed E-state index contributed by atoms with van der Waals surface area (Å²) in [6, 6.07) is 23.7. The third-order valence-corrected chi connectivity index (χ3v) is 6.90. The fraction of sp³-hybridized carbons (Fsp3) is 0.172. The second-order valence-electron chi connectivity index (χ2n) is 9.10. The van der Waals surface area contributed by atoms with Gasteiger partial charge in [0.05, 0.1) is 5.69 Å². The lowest BCUT2D eigenvalue weighted by Crippen LogP contribution is -2.35. The monoisotopic (exact) mass is 496 g/mol. The molecule has 0 radical (unpaired) electrons. The van der Waals surface area contributed by atoms with Crippen molar-refractivity contribution in [3.05, 3.63) is 117 Å². The molecule has 2 aromatic heterocycles. The molecule has 0 saturated carbocycles. The van der Waals surface area contributed by atoms with Gasteiger partial charge in [0.1, 0.15) is 18.2 Å². The second kappa shape index (κ2) is 9.64. The van der Waals surface area contributed by atoms with E-state index in [-0.39, 0.29) is 5.56 Å². The molecule has 1 aliphatic rings. The molecule has 3 aromatic carbocycles. The number of halogens is 1. The highest BCUT2D eigenvalue weighted by molar-refractivity contribution is 6.30. The number of aromatic amines is 2. The highest BCUT2D eigenvalue weighted by atomic mass is 35.5. The number of hydrogen-bond acceptors (Lipinski definition) is 4. The number of nitrogens with zero attached hydrogens (tertiary/aromatic N) is 2. The van der Waals surface area contributed by atoms with Crippen molar-refractivity contribution in [3.63, 3.8) is 0 Å². The third kappa shape index (κ3) is 4.65. The van der Waals surface area contributed by atoms with E-state index in [0.717, 1.165) is 52.1 Å². The van der Waals surface area contributed by atoms with Gasteiger partial charge in [-0.15, -0.1) is 0 Å². The van der Waals surface area contributed by atoms with E-state index in [1.54, 1.807) is 12.1 Å². The van der Waals surface area contributed by atoms with Crippen LogP contribution in [0.25, 0.3) is 22.3 Å². The Bertz CT molecular complexity index is 1580. The van der Waals surface area contributed by atoms with Gasteiger partial charge in [-0.05, 0) is 60.0 Å². The molecular weight excluding hydrogens is 472 g/mol. The molecule has 0 unspecified atom stereocenters. The van der Waals surface area contributed by atoms with E-state index in [4.69, 9.17) is 21.3 Å². The van der Waals surface area contributed by atoms with Crippen molar-refractivity contribution in [3.8, 4) is 17.1 Å². The zero-order chi connectivity index (χ0) is 24.5. The van der Waals surface area contributed by atoms with E-state index >= 15 is 0 Å². The molecule has 5 aromatic rings. The number of aromatic nitrogens is 3. The topological polar surface area (TPSA) is 74.0 Å². The summed E-state index contributed by atoms with van der Waals surface area (Å²) >= 11 is 6.02. The summed E-state index contributed by atoms with van der Waals surface area (Å²) in [6.07, 6.45) is 2.73. The van der Waals surface area contributed by atoms with E-state index in [9.17, 15) is 4.79 Å². The number of ether oxygens (including phenoxy) is 1. The van der Waals surface area contributed by atoms with Crippen molar-refractivity contribution >= 4 is 22.5 Å².